The molecule has 1 fully saturated rings. The third-order valence-corrected chi connectivity index (χ3v) is 3.89. The van der Waals surface area contributed by atoms with Gasteiger partial charge in [0.1, 0.15) is 0 Å². The van der Waals surface area contributed by atoms with E-state index in [4.69, 9.17) is 5.11 Å². The van der Waals surface area contributed by atoms with Gasteiger partial charge >= 0.3 is 5.97 Å². The van der Waals surface area contributed by atoms with Crippen molar-refractivity contribution in [3.63, 3.8) is 0 Å². The highest BCUT2D eigenvalue weighted by atomic mass is 32.2. The second-order valence-electron chi connectivity index (χ2n) is 3.85. The average molecular weight is 265 g/mol. The van der Waals surface area contributed by atoms with E-state index in [-0.39, 0.29) is 5.91 Å². The highest BCUT2D eigenvalue weighted by Gasteiger charge is 2.40. The van der Waals surface area contributed by atoms with Gasteiger partial charge < -0.3 is 10.4 Å². The molecule has 94 valence electrons. The van der Waals surface area contributed by atoms with E-state index in [0.29, 0.717) is 11.3 Å². The van der Waals surface area contributed by atoms with Crippen LogP contribution in [-0.2, 0) is 9.59 Å². The van der Waals surface area contributed by atoms with Crippen LogP contribution in [0.2, 0.25) is 0 Å². The first kappa shape index (κ1) is 12.6. The number of rotatable bonds is 3. The molecule has 2 unspecified atom stereocenters. The summed E-state index contributed by atoms with van der Waals surface area (Å²) in [5.41, 5.74) is 0.453. The molecule has 0 saturated carbocycles. The molecule has 1 amide bonds. The summed E-state index contributed by atoms with van der Waals surface area (Å²) in [6.45, 7) is 0. The monoisotopic (exact) mass is 265 g/mol. The third kappa shape index (κ3) is 2.53. The van der Waals surface area contributed by atoms with Crippen LogP contribution in [0.5, 0.6) is 0 Å². The number of Topliss-reactive ketones (excluding diaryl/α,β-unsaturated/α-hetero) is 1. The van der Waals surface area contributed by atoms with Crippen LogP contribution in [0.4, 0.5) is 0 Å². The number of aliphatic carboxylic acids is 1. The van der Waals surface area contributed by atoms with Crippen molar-refractivity contribution in [2.24, 2.45) is 0 Å². The van der Waals surface area contributed by atoms with Crippen LogP contribution in [0.15, 0.2) is 30.3 Å². The Kier molecular flexibility index (Phi) is 3.66. The largest absolute Gasteiger partial charge is 0.480 e. The van der Waals surface area contributed by atoms with Gasteiger partial charge in [-0.15, -0.1) is 11.8 Å². The first-order valence-electron chi connectivity index (χ1n) is 5.33. The molecule has 5 nitrogen and oxygen atoms in total. The summed E-state index contributed by atoms with van der Waals surface area (Å²) in [5, 5.41) is 10.3. The van der Waals surface area contributed by atoms with Crippen LogP contribution < -0.4 is 5.32 Å². The van der Waals surface area contributed by atoms with Crippen molar-refractivity contribution in [2.45, 2.75) is 11.3 Å². The standard InChI is InChI=1S/C12H11NO4S/c14-9-8(6-18-10(9)12(16)17)13-11(15)7-4-2-1-3-5-7/h1-5,8,10H,6H2,(H,13,15)(H,16,17). The zero-order valence-corrected chi connectivity index (χ0v) is 10.1. The van der Waals surface area contributed by atoms with E-state index in [1.165, 1.54) is 0 Å². The summed E-state index contributed by atoms with van der Waals surface area (Å²) in [7, 11) is 0. The Morgan fingerprint density at radius 3 is 2.50 bits per heavy atom. The Balaban J connectivity index is 2.02. The van der Waals surface area contributed by atoms with E-state index >= 15 is 0 Å². The van der Waals surface area contributed by atoms with Crippen LogP contribution in [0.25, 0.3) is 0 Å². The molecule has 18 heavy (non-hydrogen) atoms. The second kappa shape index (κ2) is 5.22. The zero-order chi connectivity index (χ0) is 13.1. The number of hydrogen-bond donors (Lipinski definition) is 2. The Hall–Kier alpha value is -1.82. The first-order chi connectivity index (χ1) is 8.59. The summed E-state index contributed by atoms with van der Waals surface area (Å²) in [5.74, 6) is -1.66. The van der Waals surface area contributed by atoms with Gasteiger partial charge in [-0.3, -0.25) is 14.4 Å². The zero-order valence-electron chi connectivity index (χ0n) is 9.33. The molecular weight excluding hydrogens is 254 g/mol. The number of carboxylic acid groups (broad SMARTS) is 1. The first-order valence-corrected chi connectivity index (χ1v) is 6.38. The van der Waals surface area contributed by atoms with Gasteiger partial charge in [0.05, 0.1) is 6.04 Å². The molecule has 0 aliphatic carbocycles. The quantitative estimate of drug-likeness (QED) is 0.780. The number of amides is 1. The molecule has 1 saturated heterocycles. The molecule has 0 spiro atoms. The lowest BCUT2D eigenvalue weighted by molar-refractivity contribution is -0.139. The van der Waals surface area contributed by atoms with Crippen molar-refractivity contribution in [1.82, 2.24) is 5.32 Å². The Morgan fingerprint density at radius 1 is 1.28 bits per heavy atom. The van der Waals surface area contributed by atoms with Crippen molar-refractivity contribution >= 4 is 29.4 Å². The molecule has 1 aliphatic rings. The van der Waals surface area contributed by atoms with Gasteiger partial charge in [0.15, 0.2) is 11.0 Å². The van der Waals surface area contributed by atoms with Crippen LogP contribution in [-0.4, -0.2) is 39.8 Å². The maximum atomic E-state index is 11.8. The molecule has 1 aromatic rings. The number of benzene rings is 1. The summed E-state index contributed by atoms with van der Waals surface area (Å²) in [6, 6.07) is 7.78. The van der Waals surface area contributed by atoms with Gasteiger partial charge in [0.25, 0.3) is 5.91 Å². The van der Waals surface area contributed by atoms with Crippen molar-refractivity contribution in [3.8, 4) is 0 Å². The lowest BCUT2D eigenvalue weighted by Crippen LogP contribution is -2.42. The van der Waals surface area contributed by atoms with Crippen LogP contribution in [0.3, 0.4) is 0 Å². The van der Waals surface area contributed by atoms with Crippen molar-refractivity contribution < 1.29 is 19.5 Å². The predicted octanol–water partition coefficient (Wildman–Crippen LogP) is 0.554. The maximum absolute atomic E-state index is 11.8. The number of ketones is 1. The van der Waals surface area contributed by atoms with Gasteiger partial charge in [-0.25, -0.2) is 0 Å². The molecule has 2 rings (SSSR count). The number of carbonyl (C=O) groups excluding carboxylic acids is 2. The molecule has 1 aromatic carbocycles. The van der Waals surface area contributed by atoms with Gasteiger partial charge in [-0.05, 0) is 12.1 Å². The van der Waals surface area contributed by atoms with Crippen LogP contribution in [0.1, 0.15) is 10.4 Å². The van der Waals surface area contributed by atoms with E-state index in [9.17, 15) is 14.4 Å². The molecule has 0 radical (unpaired) electrons. The lowest BCUT2D eigenvalue weighted by atomic mass is 10.1. The number of thioether (sulfide) groups is 1. The summed E-state index contributed by atoms with van der Waals surface area (Å²) >= 11 is 1.04. The Morgan fingerprint density at radius 2 is 1.94 bits per heavy atom. The van der Waals surface area contributed by atoms with Crippen LogP contribution >= 0.6 is 11.8 Å². The molecule has 2 atom stereocenters. The smallest absolute Gasteiger partial charge is 0.324 e. The fraction of sp³-hybridized carbons (Fsp3) is 0.250. The Labute approximate surface area is 108 Å². The van der Waals surface area contributed by atoms with Crippen molar-refractivity contribution in [2.75, 3.05) is 5.75 Å². The van der Waals surface area contributed by atoms with E-state index in [2.05, 4.69) is 5.32 Å². The van der Waals surface area contributed by atoms with E-state index in [1.54, 1.807) is 30.3 Å². The summed E-state index contributed by atoms with van der Waals surface area (Å²) in [6.07, 6.45) is 0. The molecule has 1 aliphatic heterocycles. The number of carbonyl (C=O) groups is 3. The highest BCUT2D eigenvalue weighted by molar-refractivity contribution is 8.02. The van der Waals surface area contributed by atoms with Gasteiger partial charge in [-0.2, -0.15) is 0 Å². The predicted molar refractivity (Wildman–Crippen MR) is 66.6 cm³/mol. The molecular formula is C12H11NO4S. The summed E-state index contributed by atoms with van der Waals surface area (Å²) in [4.78, 5) is 34.3. The average Bonchev–Trinajstić information content (AvgIpc) is 2.72. The number of carboxylic acids is 1. The third-order valence-electron chi connectivity index (χ3n) is 2.60. The minimum atomic E-state index is -1.15. The van der Waals surface area contributed by atoms with Gasteiger partial charge in [0.2, 0.25) is 0 Å². The molecule has 6 heteroatoms. The lowest BCUT2D eigenvalue weighted by Gasteiger charge is -2.10. The number of nitrogens with one attached hydrogen (secondary N) is 1. The summed E-state index contributed by atoms with van der Waals surface area (Å²) < 4.78 is 0. The van der Waals surface area contributed by atoms with Crippen LogP contribution in [0, 0.1) is 0 Å². The fourth-order valence-corrected chi connectivity index (χ4v) is 2.78. The van der Waals surface area contributed by atoms with Crippen molar-refractivity contribution in [3.05, 3.63) is 35.9 Å². The maximum Gasteiger partial charge on any atom is 0.324 e. The fourth-order valence-electron chi connectivity index (χ4n) is 1.68. The van der Waals surface area contributed by atoms with E-state index < -0.39 is 23.0 Å². The number of hydrogen-bond acceptors (Lipinski definition) is 4. The normalized spacial score (nSPS) is 22.8. The van der Waals surface area contributed by atoms with Gasteiger partial charge in [-0.1, -0.05) is 18.2 Å². The minimum Gasteiger partial charge on any atom is -0.480 e. The highest BCUT2D eigenvalue weighted by Crippen LogP contribution is 2.24. The minimum absolute atomic E-state index is 0.300. The molecule has 0 bridgehead atoms. The molecule has 2 N–H and O–H groups in total. The topological polar surface area (TPSA) is 83.5 Å². The van der Waals surface area contributed by atoms with Crippen molar-refractivity contribution in [1.29, 1.82) is 0 Å². The van der Waals surface area contributed by atoms with E-state index in [0.717, 1.165) is 11.8 Å². The van der Waals surface area contributed by atoms with Gasteiger partial charge in [0, 0.05) is 11.3 Å². The molecule has 0 aromatic heterocycles. The second-order valence-corrected chi connectivity index (χ2v) is 4.98. The molecule has 1 heterocycles. The SMILES string of the molecule is O=C(NC1CSC(C(=O)O)C1=O)c1ccccc1. The Bertz CT molecular complexity index is 488. The van der Waals surface area contributed by atoms with E-state index in [1.807, 2.05) is 0 Å².